The van der Waals surface area contributed by atoms with Gasteiger partial charge in [-0.25, -0.2) is 0 Å². The molecular weight excluding hydrogens is 326 g/mol. The largest absolute Gasteiger partial charge is 0.480 e. The molecule has 1 aliphatic carbocycles. The summed E-state index contributed by atoms with van der Waals surface area (Å²) in [6, 6.07) is 12.4. The SMILES string of the molecule is CC(C)(C)[Si](C)(C)O[C@@H]1c2ccccc2C=C2c3ncccc3O[C@H]21. The van der Waals surface area contributed by atoms with Gasteiger partial charge < -0.3 is 9.16 Å². The lowest BCUT2D eigenvalue weighted by molar-refractivity contribution is 0.0834. The maximum Gasteiger partial charge on any atom is 0.193 e. The highest BCUT2D eigenvalue weighted by Crippen LogP contribution is 2.50. The van der Waals surface area contributed by atoms with E-state index < -0.39 is 8.32 Å². The van der Waals surface area contributed by atoms with E-state index in [1.54, 1.807) is 0 Å². The molecule has 130 valence electrons. The maximum absolute atomic E-state index is 6.86. The molecule has 0 N–H and O–H groups in total. The highest BCUT2D eigenvalue weighted by Gasteiger charge is 2.46. The molecule has 1 aromatic carbocycles. The van der Waals surface area contributed by atoms with Gasteiger partial charge in [-0.15, -0.1) is 0 Å². The maximum atomic E-state index is 6.86. The smallest absolute Gasteiger partial charge is 0.193 e. The van der Waals surface area contributed by atoms with Crippen LogP contribution in [0, 0.1) is 0 Å². The van der Waals surface area contributed by atoms with Crippen LogP contribution >= 0.6 is 0 Å². The molecule has 1 aromatic heterocycles. The van der Waals surface area contributed by atoms with Gasteiger partial charge in [-0.1, -0.05) is 45.0 Å². The van der Waals surface area contributed by atoms with E-state index >= 15 is 0 Å². The molecular formula is C21H25NO2Si. The molecule has 25 heavy (non-hydrogen) atoms. The molecule has 0 radical (unpaired) electrons. The summed E-state index contributed by atoms with van der Waals surface area (Å²) in [4.78, 5) is 4.56. The van der Waals surface area contributed by atoms with E-state index in [-0.39, 0.29) is 17.2 Å². The van der Waals surface area contributed by atoms with Gasteiger partial charge in [0.2, 0.25) is 0 Å². The first-order valence-electron chi connectivity index (χ1n) is 8.88. The predicted octanol–water partition coefficient (Wildman–Crippen LogP) is 5.46. The van der Waals surface area contributed by atoms with Gasteiger partial charge in [-0.2, -0.15) is 0 Å². The molecule has 2 aliphatic rings. The zero-order chi connectivity index (χ0) is 17.8. The highest BCUT2D eigenvalue weighted by atomic mass is 28.4. The summed E-state index contributed by atoms with van der Waals surface area (Å²) in [7, 11) is -1.95. The van der Waals surface area contributed by atoms with E-state index in [1.165, 1.54) is 11.1 Å². The summed E-state index contributed by atoms with van der Waals surface area (Å²) in [5.74, 6) is 0.857. The molecule has 1 aliphatic heterocycles. The zero-order valence-electron chi connectivity index (χ0n) is 15.5. The first-order chi connectivity index (χ1) is 11.8. The Morgan fingerprint density at radius 1 is 1.08 bits per heavy atom. The van der Waals surface area contributed by atoms with E-state index in [1.807, 2.05) is 18.3 Å². The van der Waals surface area contributed by atoms with Crippen molar-refractivity contribution >= 4 is 20.0 Å². The monoisotopic (exact) mass is 351 g/mol. The van der Waals surface area contributed by atoms with Gasteiger partial charge in [0, 0.05) is 11.8 Å². The molecule has 2 atom stereocenters. The van der Waals surface area contributed by atoms with E-state index in [4.69, 9.17) is 9.16 Å². The average molecular weight is 352 g/mol. The molecule has 4 heteroatoms. The van der Waals surface area contributed by atoms with Gasteiger partial charge in [-0.05, 0) is 47.5 Å². The molecule has 0 amide bonds. The minimum atomic E-state index is -1.95. The van der Waals surface area contributed by atoms with Gasteiger partial charge in [-0.3, -0.25) is 4.98 Å². The molecule has 0 spiro atoms. The van der Waals surface area contributed by atoms with Crippen LogP contribution in [0.5, 0.6) is 5.75 Å². The van der Waals surface area contributed by atoms with Crippen molar-refractivity contribution in [2.24, 2.45) is 0 Å². The molecule has 3 nitrogen and oxygen atoms in total. The average Bonchev–Trinajstić information content (AvgIpc) is 2.92. The lowest BCUT2D eigenvalue weighted by Crippen LogP contribution is -2.45. The quantitative estimate of drug-likeness (QED) is 0.673. The summed E-state index contributed by atoms with van der Waals surface area (Å²) >= 11 is 0. The van der Waals surface area contributed by atoms with Gasteiger partial charge in [0.1, 0.15) is 17.5 Å². The molecule has 4 rings (SSSR count). The Balaban J connectivity index is 1.81. The van der Waals surface area contributed by atoms with Crippen LogP contribution in [0.25, 0.3) is 11.6 Å². The Morgan fingerprint density at radius 3 is 2.60 bits per heavy atom. The van der Waals surface area contributed by atoms with Crippen molar-refractivity contribution in [3.63, 3.8) is 0 Å². The predicted molar refractivity (Wildman–Crippen MR) is 104 cm³/mol. The Bertz CT molecular complexity index is 851. The fourth-order valence-corrected chi connectivity index (χ4v) is 4.50. The summed E-state index contributed by atoms with van der Waals surface area (Å²) in [6.07, 6.45) is 3.83. The van der Waals surface area contributed by atoms with Gasteiger partial charge in [0.05, 0.1) is 0 Å². The minimum Gasteiger partial charge on any atom is -0.480 e. The molecule has 0 saturated heterocycles. The van der Waals surface area contributed by atoms with Crippen LogP contribution in [0.3, 0.4) is 0 Å². The van der Waals surface area contributed by atoms with Crippen LogP contribution in [0.15, 0.2) is 42.6 Å². The Hall–Kier alpha value is -1.91. The van der Waals surface area contributed by atoms with Crippen LogP contribution in [0.1, 0.15) is 43.7 Å². The Labute approximate surface area is 150 Å². The number of benzene rings is 1. The molecule has 0 bridgehead atoms. The fraction of sp³-hybridized carbons (Fsp3) is 0.381. The lowest BCUT2D eigenvalue weighted by Gasteiger charge is -2.42. The zero-order valence-corrected chi connectivity index (χ0v) is 16.5. The second kappa shape index (κ2) is 5.54. The van der Waals surface area contributed by atoms with Crippen LogP contribution in [0.4, 0.5) is 0 Å². The number of fused-ring (bicyclic) bond motifs is 4. The molecule has 0 unspecified atom stereocenters. The number of ether oxygens (including phenoxy) is 1. The van der Waals surface area contributed by atoms with Crippen molar-refractivity contribution in [2.45, 2.75) is 51.1 Å². The molecule has 0 fully saturated rings. The first kappa shape index (κ1) is 16.5. The van der Waals surface area contributed by atoms with Gasteiger partial charge in [0.15, 0.2) is 14.4 Å². The normalized spacial score (nSPS) is 21.7. The van der Waals surface area contributed by atoms with Crippen LogP contribution in [0.2, 0.25) is 18.1 Å². The van der Waals surface area contributed by atoms with Crippen molar-refractivity contribution in [3.8, 4) is 5.75 Å². The van der Waals surface area contributed by atoms with Gasteiger partial charge in [0.25, 0.3) is 0 Å². The number of nitrogens with zero attached hydrogens (tertiary/aromatic N) is 1. The van der Waals surface area contributed by atoms with E-state index in [0.717, 1.165) is 17.0 Å². The third-order valence-corrected chi connectivity index (χ3v) is 10.2. The fourth-order valence-electron chi connectivity index (χ4n) is 3.26. The van der Waals surface area contributed by atoms with Crippen molar-refractivity contribution < 1.29 is 9.16 Å². The molecule has 2 aromatic rings. The van der Waals surface area contributed by atoms with Crippen molar-refractivity contribution in [1.29, 1.82) is 0 Å². The second-order valence-corrected chi connectivity index (χ2v) is 13.2. The summed E-state index contributed by atoms with van der Waals surface area (Å²) in [6.45, 7) is 11.4. The molecule has 2 heterocycles. The van der Waals surface area contributed by atoms with E-state index in [2.05, 4.69) is 69.2 Å². The van der Waals surface area contributed by atoms with Gasteiger partial charge >= 0.3 is 0 Å². The van der Waals surface area contributed by atoms with Crippen LogP contribution < -0.4 is 4.74 Å². The summed E-state index contributed by atoms with van der Waals surface area (Å²) in [5.41, 5.74) is 4.51. The Morgan fingerprint density at radius 2 is 1.84 bits per heavy atom. The van der Waals surface area contributed by atoms with Crippen LogP contribution in [-0.2, 0) is 4.43 Å². The Kier molecular flexibility index (Phi) is 3.67. The number of hydrogen-bond acceptors (Lipinski definition) is 3. The third-order valence-electron chi connectivity index (χ3n) is 5.72. The topological polar surface area (TPSA) is 31.4 Å². The van der Waals surface area contributed by atoms with Crippen molar-refractivity contribution in [2.75, 3.05) is 0 Å². The first-order valence-corrected chi connectivity index (χ1v) is 11.8. The summed E-state index contributed by atoms with van der Waals surface area (Å²) < 4.78 is 13.2. The van der Waals surface area contributed by atoms with E-state index in [9.17, 15) is 0 Å². The van der Waals surface area contributed by atoms with Crippen molar-refractivity contribution in [1.82, 2.24) is 4.98 Å². The number of aromatic nitrogens is 1. The second-order valence-electron chi connectivity index (χ2n) is 8.42. The number of rotatable bonds is 2. The molecule has 0 saturated carbocycles. The number of pyridine rings is 1. The highest BCUT2D eigenvalue weighted by molar-refractivity contribution is 6.74. The van der Waals surface area contributed by atoms with Crippen LogP contribution in [-0.4, -0.2) is 19.4 Å². The van der Waals surface area contributed by atoms with Crippen molar-refractivity contribution in [3.05, 3.63) is 59.4 Å². The minimum absolute atomic E-state index is 0.0914. The third kappa shape index (κ3) is 2.64. The standard InChI is InChI=1S/C21H25NO2Si/c1-21(2,3)25(4,5)24-20-15-10-7-6-9-14(15)13-16-18-17(23-19(16)20)11-8-12-22-18/h6-13,19-20H,1-5H3/t19-,20-/m1/s1. The number of hydrogen-bond donors (Lipinski definition) is 0. The summed E-state index contributed by atoms with van der Waals surface area (Å²) in [5, 5.41) is 0.146. The lowest BCUT2D eigenvalue weighted by atomic mass is 9.87. The van der Waals surface area contributed by atoms with E-state index in [0.29, 0.717) is 0 Å².